The Balaban J connectivity index is 1.58. The van der Waals surface area contributed by atoms with Crippen LogP contribution >= 0.6 is 11.8 Å². The van der Waals surface area contributed by atoms with Gasteiger partial charge in [-0.05, 0) is 80.0 Å². The predicted molar refractivity (Wildman–Crippen MR) is 114 cm³/mol. The fourth-order valence-electron chi connectivity index (χ4n) is 4.42. The van der Waals surface area contributed by atoms with Gasteiger partial charge in [0.1, 0.15) is 5.69 Å². The number of carbonyl (C=O) groups excluding carboxylic acids is 1. The Labute approximate surface area is 171 Å². The quantitative estimate of drug-likeness (QED) is 0.744. The number of hydrogen-bond donors (Lipinski definition) is 1. The average Bonchev–Trinajstić information content (AvgIpc) is 2.75. The van der Waals surface area contributed by atoms with Gasteiger partial charge in [0, 0.05) is 17.9 Å². The molecule has 1 N–H and O–H groups in total. The second-order valence-electron chi connectivity index (χ2n) is 7.99. The van der Waals surface area contributed by atoms with Crippen LogP contribution in [0, 0.1) is 0 Å². The third-order valence-electron chi connectivity index (χ3n) is 5.97. The molecule has 148 valence electrons. The van der Waals surface area contributed by atoms with Crippen molar-refractivity contribution in [3.63, 3.8) is 0 Å². The van der Waals surface area contributed by atoms with Crippen LogP contribution < -0.4 is 5.32 Å². The normalized spacial score (nSPS) is 17.2. The Morgan fingerprint density at radius 1 is 1.14 bits per heavy atom. The summed E-state index contributed by atoms with van der Waals surface area (Å²) >= 11 is 1.66. The van der Waals surface area contributed by atoms with Crippen molar-refractivity contribution in [2.75, 3.05) is 6.26 Å². The Bertz CT molecular complexity index is 828. The van der Waals surface area contributed by atoms with Crippen LogP contribution in [-0.2, 0) is 19.3 Å². The van der Waals surface area contributed by atoms with Crippen molar-refractivity contribution in [3.8, 4) is 0 Å². The smallest absolute Gasteiger partial charge is 0.270 e. The average molecular weight is 396 g/mol. The summed E-state index contributed by atoms with van der Waals surface area (Å²) in [6, 6.07) is 6.57. The number of nitrogens with zero attached hydrogens (tertiary/aromatic N) is 2. The highest BCUT2D eigenvalue weighted by Gasteiger charge is 2.22. The summed E-state index contributed by atoms with van der Waals surface area (Å²) in [6.45, 7) is 0. The lowest BCUT2D eigenvalue weighted by molar-refractivity contribution is 0.0922. The van der Waals surface area contributed by atoms with Crippen LogP contribution in [0.2, 0.25) is 0 Å². The van der Waals surface area contributed by atoms with Crippen molar-refractivity contribution < 1.29 is 4.79 Å². The lowest BCUT2D eigenvalue weighted by atomic mass is 9.89. The summed E-state index contributed by atoms with van der Waals surface area (Å²) in [7, 11) is 0. The first kappa shape index (κ1) is 19.4. The lowest BCUT2D eigenvalue weighted by Gasteiger charge is -2.24. The molecule has 5 heteroatoms. The largest absolute Gasteiger partial charge is 0.348 e. The summed E-state index contributed by atoms with van der Waals surface area (Å²) < 4.78 is 0. The van der Waals surface area contributed by atoms with Crippen molar-refractivity contribution in [1.29, 1.82) is 0 Å². The second-order valence-corrected chi connectivity index (χ2v) is 8.82. The first-order valence-corrected chi connectivity index (χ1v) is 11.8. The molecule has 1 saturated carbocycles. The molecule has 2 heterocycles. The second kappa shape index (κ2) is 9.08. The molecule has 0 aromatic carbocycles. The number of thioether (sulfide) groups is 1. The van der Waals surface area contributed by atoms with E-state index in [1.165, 1.54) is 42.4 Å². The highest BCUT2D eigenvalue weighted by Crippen LogP contribution is 2.26. The van der Waals surface area contributed by atoms with E-state index >= 15 is 0 Å². The first-order valence-electron chi connectivity index (χ1n) is 10.5. The van der Waals surface area contributed by atoms with Gasteiger partial charge in [-0.25, -0.2) is 9.97 Å². The van der Waals surface area contributed by atoms with Gasteiger partial charge in [-0.2, -0.15) is 0 Å². The summed E-state index contributed by atoms with van der Waals surface area (Å²) in [5.41, 5.74) is 5.52. The molecule has 2 aliphatic carbocycles. The number of amides is 1. The van der Waals surface area contributed by atoms with Crippen LogP contribution in [0.4, 0.5) is 0 Å². The zero-order valence-electron chi connectivity index (χ0n) is 16.7. The molecule has 0 unspecified atom stereocenters. The summed E-state index contributed by atoms with van der Waals surface area (Å²) in [5.74, 6) is -0.00243. The van der Waals surface area contributed by atoms with Crippen LogP contribution in [0.3, 0.4) is 0 Å². The fraction of sp³-hybridized carbons (Fsp3) is 0.522. The number of carbonyl (C=O) groups is 1. The van der Waals surface area contributed by atoms with E-state index in [9.17, 15) is 4.79 Å². The van der Waals surface area contributed by atoms with Gasteiger partial charge in [-0.15, -0.1) is 11.8 Å². The van der Waals surface area contributed by atoms with Crippen molar-refractivity contribution in [3.05, 3.63) is 52.5 Å². The highest BCUT2D eigenvalue weighted by molar-refractivity contribution is 7.98. The third-order valence-corrected chi connectivity index (χ3v) is 6.63. The topological polar surface area (TPSA) is 54.9 Å². The Hall–Kier alpha value is -1.88. The maximum absolute atomic E-state index is 12.9. The van der Waals surface area contributed by atoms with E-state index < -0.39 is 0 Å². The molecule has 2 aromatic rings. The molecule has 28 heavy (non-hydrogen) atoms. The predicted octanol–water partition coefficient (Wildman–Crippen LogP) is 4.73. The van der Waals surface area contributed by atoms with Gasteiger partial charge < -0.3 is 5.32 Å². The zero-order valence-corrected chi connectivity index (χ0v) is 17.5. The van der Waals surface area contributed by atoms with Gasteiger partial charge in [0.2, 0.25) is 0 Å². The molecule has 2 aliphatic rings. The molecule has 2 aromatic heterocycles. The molecule has 0 atom stereocenters. The third kappa shape index (κ3) is 4.57. The molecule has 0 spiro atoms. The number of pyridine rings is 2. The molecular formula is C23H29N3OS. The van der Waals surface area contributed by atoms with E-state index in [2.05, 4.69) is 22.4 Å². The van der Waals surface area contributed by atoms with Crippen LogP contribution in [-0.4, -0.2) is 28.2 Å². The standard InChI is InChI=1S/C23H29N3OS/c1-28-22-12-11-16(15-24-22)13-17-14-21(26-20-10-6-5-9-19(17)20)23(27)25-18-7-3-2-4-8-18/h11-12,14-15,18H,2-10,13H2,1H3,(H,25,27). The van der Waals surface area contributed by atoms with Gasteiger partial charge >= 0.3 is 0 Å². The van der Waals surface area contributed by atoms with Crippen molar-refractivity contribution in [2.45, 2.75) is 75.3 Å². The molecule has 4 nitrogen and oxygen atoms in total. The molecular weight excluding hydrogens is 366 g/mol. The monoisotopic (exact) mass is 395 g/mol. The van der Waals surface area contributed by atoms with E-state index in [1.54, 1.807) is 11.8 Å². The molecule has 1 fully saturated rings. The molecule has 0 saturated heterocycles. The number of fused-ring (bicyclic) bond motifs is 1. The number of nitrogens with one attached hydrogen (secondary N) is 1. The Kier molecular flexibility index (Phi) is 6.30. The minimum atomic E-state index is -0.00243. The van der Waals surface area contributed by atoms with Crippen LogP contribution in [0.25, 0.3) is 0 Å². The number of hydrogen-bond acceptors (Lipinski definition) is 4. The van der Waals surface area contributed by atoms with Crippen molar-refractivity contribution in [2.24, 2.45) is 0 Å². The SMILES string of the molecule is CSc1ccc(Cc2cc(C(=O)NC3CCCCC3)nc3c2CCCC3)cn1. The van der Waals surface area contributed by atoms with E-state index in [0.717, 1.165) is 49.2 Å². The Morgan fingerprint density at radius 3 is 2.71 bits per heavy atom. The van der Waals surface area contributed by atoms with Gasteiger partial charge in [-0.1, -0.05) is 25.3 Å². The Morgan fingerprint density at radius 2 is 1.96 bits per heavy atom. The zero-order chi connectivity index (χ0) is 19.3. The van der Waals surface area contributed by atoms with Crippen LogP contribution in [0.1, 0.15) is 77.8 Å². The van der Waals surface area contributed by atoms with Crippen LogP contribution in [0.15, 0.2) is 29.4 Å². The van der Waals surface area contributed by atoms with E-state index in [-0.39, 0.29) is 5.91 Å². The van der Waals surface area contributed by atoms with E-state index in [0.29, 0.717) is 11.7 Å². The van der Waals surface area contributed by atoms with E-state index in [1.807, 2.05) is 18.5 Å². The minimum absolute atomic E-state index is 0.00243. The molecule has 1 amide bonds. The summed E-state index contributed by atoms with van der Waals surface area (Å²) in [6.07, 6.45) is 15.1. The highest BCUT2D eigenvalue weighted by atomic mass is 32.2. The van der Waals surface area contributed by atoms with E-state index in [4.69, 9.17) is 4.98 Å². The van der Waals surface area contributed by atoms with Gasteiger partial charge in [0.25, 0.3) is 5.91 Å². The number of aryl methyl sites for hydroxylation is 1. The number of rotatable bonds is 5. The van der Waals surface area contributed by atoms with Gasteiger partial charge in [0.05, 0.1) is 5.03 Å². The molecule has 0 aliphatic heterocycles. The molecule has 0 bridgehead atoms. The maximum atomic E-state index is 12.9. The maximum Gasteiger partial charge on any atom is 0.270 e. The fourth-order valence-corrected chi connectivity index (χ4v) is 4.79. The summed E-state index contributed by atoms with van der Waals surface area (Å²) in [4.78, 5) is 22.2. The number of aromatic nitrogens is 2. The van der Waals surface area contributed by atoms with Crippen molar-refractivity contribution >= 4 is 17.7 Å². The summed E-state index contributed by atoms with van der Waals surface area (Å²) in [5, 5.41) is 4.27. The molecule has 4 rings (SSSR count). The minimum Gasteiger partial charge on any atom is -0.348 e. The molecule has 0 radical (unpaired) electrons. The van der Waals surface area contributed by atoms with Crippen LogP contribution in [0.5, 0.6) is 0 Å². The van der Waals surface area contributed by atoms with Gasteiger partial charge in [0.15, 0.2) is 0 Å². The van der Waals surface area contributed by atoms with Crippen molar-refractivity contribution in [1.82, 2.24) is 15.3 Å². The lowest BCUT2D eigenvalue weighted by Crippen LogP contribution is -2.37. The first-order chi connectivity index (χ1) is 13.7. The van der Waals surface area contributed by atoms with Gasteiger partial charge in [-0.3, -0.25) is 4.79 Å².